The van der Waals surface area contributed by atoms with Crippen molar-refractivity contribution in [1.82, 2.24) is 10.2 Å². The van der Waals surface area contributed by atoms with Gasteiger partial charge in [0, 0.05) is 0 Å². The zero-order chi connectivity index (χ0) is 16.4. The molecule has 0 fully saturated rings. The summed E-state index contributed by atoms with van der Waals surface area (Å²) in [4.78, 5) is 0. The van der Waals surface area contributed by atoms with Crippen molar-refractivity contribution in [2.24, 2.45) is 0 Å². The number of hydrogen-bond donors (Lipinski definition) is 0. The molecule has 0 radical (unpaired) electrons. The lowest BCUT2D eigenvalue weighted by atomic mass is 10.1. The first-order valence-corrected chi connectivity index (χ1v) is 7.82. The van der Waals surface area contributed by atoms with E-state index in [0.29, 0.717) is 16.8 Å². The van der Waals surface area contributed by atoms with Crippen LogP contribution in [0.5, 0.6) is 0 Å². The summed E-state index contributed by atoms with van der Waals surface area (Å²) in [7, 11) is 0. The standard InChI is InChI=1S/C18H17ClN2O2/c1-4-13-5-7-14(8-6-13)10-16(19)18-21-20-17(23-18)15-9-11(2)22-12(15)3/h5-10H,4H2,1-3H3/b16-10-. The Hall–Kier alpha value is -2.33. The molecule has 3 aromatic rings. The summed E-state index contributed by atoms with van der Waals surface area (Å²) in [6, 6.07) is 10.1. The van der Waals surface area contributed by atoms with Crippen LogP contribution in [0, 0.1) is 13.8 Å². The predicted molar refractivity (Wildman–Crippen MR) is 91.0 cm³/mol. The molecule has 0 saturated heterocycles. The summed E-state index contributed by atoms with van der Waals surface area (Å²) in [6.45, 7) is 5.86. The van der Waals surface area contributed by atoms with Gasteiger partial charge in [0.25, 0.3) is 11.8 Å². The molecule has 0 unspecified atom stereocenters. The van der Waals surface area contributed by atoms with Crippen LogP contribution in [0.2, 0.25) is 0 Å². The molecule has 0 aliphatic rings. The van der Waals surface area contributed by atoms with Gasteiger partial charge in [0.1, 0.15) is 16.6 Å². The number of benzene rings is 1. The van der Waals surface area contributed by atoms with Crippen molar-refractivity contribution >= 4 is 22.7 Å². The molecule has 23 heavy (non-hydrogen) atoms. The van der Waals surface area contributed by atoms with Crippen LogP contribution >= 0.6 is 11.6 Å². The van der Waals surface area contributed by atoms with E-state index >= 15 is 0 Å². The summed E-state index contributed by atoms with van der Waals surface area (Å²) in [5.74, 6) is 2.24. The average molecular weight is 329 g/mol. The lowest BCUT2D eigenvalue weighted by molar-refractivity contribution is 0.502. The van der Waals surface area contributed by atoms with Crippen LogP contribution in [-0.4, -0.2) is 10.2 Å². The molecule has 0 spiro atoms. The number of halogens is 1. The minimum Gasteiger partial charge on any atom is -0.466 e. The van der Waals surface area contributed by atoms with Crippen LogP contribution in [0.3, 0.4) is 0 Å². The van der Waals surface area contributed by atoms with Gasteiger partial charge in [-0.3, -0.25) is 0 Å². The van der Waals surface area contributed by atoms with Gasteiger partial charge in [-0.25, -0.2) is 0 Å². The summed E-state index contributed by atoms with van der Waals surface area (Å²) in [6.07, 6.45) is 2.82. The Balaban J connectivity index is 1.86. The highest BCUT2D eigenvalue weighted by atomic mass is 35.5. The number of aryl methyl sites for hydroxylation is 3. The maximum Gasteiger partial charge on any atom is 0.259 e. The van der Waals surface area contributed by atoms with Crippen LogP contribution in [0.1, 0.15) is 35.5 Å². The molecular formula is C18H17ClN2O2. The molecule has 5 heteroatoms. The van der Waals surface area contributed by atoms with Gasteiger partial charge in [-0.05, 0) is 43.5 Å². The van der Waals surface area contributed by atoms with E-state index < -0.39 is 0 Å². The van der Waals surface area contributed by atoms with Gasteiger partial charge in [-0.1, -0.05) is 42.8 Å². The molecule has 3 rings (SSSR count). The molecule has 0 aliphatic carbocycles. The first-order valence-electron chi connectivity index (χ1n) is 7.44. The second-order valence-electron chi connectivity index (χ2n) is 5.33. The molecule has 0 N–H and O–H groups in total. The Morgan fingerprint density at radius 3 is 2.48 bits per heavy atom. The molecular weight excluding hydrogens is 312 g/mol. The molecule has 118 valence electrons. The third-order valence-electron chi connectivity index (χ3n) is 3.58. The molecule has 2 heterocycles. The predicted octanol–water partition coefficient (Wildman–Crippen LogP) is 5.25. The zero-order valence-corrected chi connectivity index (χ0v) is 14.0. The van der Waals surface area contributed by atoms with Crippen molar-refractivity contribution in [2.75, 3.05) is 0 Å². The fraction of sp³-hybridized carbons (Fsp3) is 0.222. The lowest BCUT2D eigenvalue weighted by Crippen LogP contribution is -1.81. The second kappa shape index (κ2) is 6.42. The third kappa shape index (κ3) is 3.37. The Morgan fingerprint density at radius 2 is 1.87 bits per heavy atom. The zero-order valence-electron chi connectivity index (χ0n) is 13.3. The number of aromatic nitrogens is 2. The monoisotopic (exact) mass is 328 g/mol. The lowest BCUT2D eigenvalue weighted by Gasteiger charge is -1.98. The molecule has 0 atom stereocenters. The van der Waals surface area contributed by atoms with E-state index in [9.17, 15) is 0 Å². The summed E-state index contributed by atoms with van der Waals surface area (Å²) >= 11 is 6.30. The minimum absolute atomic E-state index is 0.291. The number of nitrogens with zero attached hydrogens (tertiary/aromatic N) is 2. The highest BCUT2D eigenvalue weighted by Crippen LogP contribution is 2.28. The summed E-state index contributed by atoms with van der Waals surface area (Å²) < 4.78 is 11.1. The van der Waals surface area contributed by atoms with Crippen molar-refractivity contribution in [2.45, 2.75) is 27.2 Å². The maximum atomic E-state index is 6.30. The van der Waals surface area contributed by atoms with Crippen LogP contribution in [0.4, 0.5) is 0 Å². The quantitative estimate of drug-likeness (QED) is 0.656. The Labute approximate surface area is 139 Å². The van der Waals surface area contributed by atoms with Gasteiger partial charge in [0.2, 0.25) is 0 Å². The second-order valence-corrected chi connectivity index (χ2v) is 5.73. The summed E-state index contributed by atoms with van der Waals surface area (Å²) in [5, 5.41) is 8.47. The van der Waals surface area contributed by atoms with Crippen molar-refractivity contribution in [3.05, 3.63) is 58.9 Å². The van der Waals surface area contributed by atoms with Crippen molar-refractivity contribution in [1.29, 1.82) is 0 Å². The first-order chi connectivity index (χ1) is 11.1. The topological polar surface area (TPSA) is 52.1 Å². The van der Waals surface area contributed by atoms with Gasteiger partial charge >= 0.3 is 0 Å². The van der Waals surface area contributed by atoms with Crippen LogP contribution < -0.4 is 0 Å². The fourth-order valence-corrected chi connectivity index (χ4v) is 2.53. The van der Waals surface area contributed by atoms with E-state index in [1.54, 1.807) is 0 Å². The highest BCUT2D eigenvalue weighted by Gasteiger charge is 2.16. The molecule has 4 nitrogen and oxygen atoms in total. The molecule has 1 aromatic carbocycles. The van der Waals surface area contributed by atoms with Gasteiger partial charge in [-0.2, -0.15) is 0 Å². The smallest absolute Gasteiger partial charge is 0.259 e. The van der Waals surface area contributed by atoms with Crippen LogP contribution in [0.25, 0.3) is 22.6 Å². The maximum absolute atomic E-state index is 6.30. The van der Waals surface area contributed by atoms with Gasteiger partial charge in [-0.15, -0.1) is 10.2 Å². The van der Waals surface area contributed by atoms with Gasteiger partial charge in [0.15, 0.2) is 0 Å². The Morgan fingerprint density at radius 1 is 1.13 bits per heavy atom. The SMILES string of the molecule is CCc1ccc(/C=C(\Cl)c2nnc(-c3cc(C)oc3C)o2)cc1. The summed E-state index contributed by atoms with van der Waals surface area (Å²) in [5.41, 5.74) is 3.06. The number of hydrogen-bond acceptors (Lipinski definition) is 4. The van der Waals surface area contributed by atoms with Crippen LogP contribution in [0.15, 0.2) is 39.2 Å². The molecule has 0 saturated carbocycles. The Kier molecular flexibility index (Phi) is 4.35. The minimum atomic E-state index is 0.291. The molecule has 0 bridgehead atoms. The van der Waals surface area contributed by atoms with E-state index in [2.05, 4.69) is 29.3 Å². The fourth-order valence-electron chi connectivity index (χ4n) is 2.33. The van der Waals surface area contributed by atoms with E-state index in [1.807, 2.05) is 38.1 Å². The number of rotatable bonds is 4. The van der Waals surface area contributed by atoms with Crippen LogP contribution in [-0.2, 0) is 6.42 Å². The van der Waals surface area contributed by atoms with E-state index in [1.165, 1.54) is 5.56 Å². The third-order valence-corrected chi connectivity index (χ3v) is 3.85. The van der Waals surface area contributed by atoms with Gasteiger partial charge in [0.05, 0.1) is 5.56 Å². The largest absolute Gasteiger partial charge is 0.466 e. The molecule has 0 amide bonds. The Bertz CT molecular complexity index is 844. The molecule has 2 aromatic heterocycles. The van der Waals surface area contributed by atoms with Gasteiger partial charge < -0.3 is 8.83 Å². The normalized spacial score (nSPS) is 11.9. The number of furan rings is 1. The first kappa shape index (κ1) is 15.6. The highest BCUT2D eigenvalue weighted by molar-refractivity contribution is 6.50. The average Bonchev–Trinajstić information content (AvgIpc) is 3.14. The van der Waals surface area contributed by atoms with E-state index in [-0.39, 0.29) is 0 Å². The van der Waals surface area contributed by atoms with Crippen molar-refractivity contribution in [3.63, 3.8) is 0 Å². The van der Waals surface area contributed by atoms with Crippen molar-refractivity contribution in [3.8, 4) is 11.5 Å². The van der Waals surface area contributed by atoms with Crippen molar-refractivity contribution < 1.29 is 8.83 Å². The van der Waals surface area contributed by atoms with E-state index in [0.717, 1.165) is 29.1 Å². The molecule has 0 aliphatic heterocycles. The van der Waals surface area contributed by atoms with E-state index in [4.69, 9.17) is 20.4 Å².